The Labute approximate surface area is 496 Å². The topological polar surface area (TPSA) is 131 Å². The summed E-state index contributed by atoms with van der Waals surface area (Å²) in [6.45, 7) is 25.9. The van der Waals surface area contributed by atoms with E-state index in [9.17, 15) is 24.0 Å². The summed E-state index contributed by atoms with van der Waals surface area (Å²) in [7, 11) is 4.03. The number of alkyl halides is 2. The van der Waals surface area contributed by atoms with Gasteiger partial charge in [0.2, 0.25) is 29.5 Å². The number of nitrogens with zero attached hydrogens (tertiary/aromatic N) is 3. The molecule has 0 radical (unpaired) electrons. The maximum Gasteiger partial charge on any atom is 0.246 e. The molecule has 5 amide bonds. The molecule has 13 heteroatoms. The zero-order valence-electron chi connectivity index (χ0n) is 43.8. The highest BCUT2D eigenvalue weighted by molar-refractivity contribution is 9.09. The van der Waals surface area contributed by atoms with Gasteiger partial charge in [0.1, 0.15) is 0 Å². The number of carbonyl (C=O) groups is 5. The van der Waals surface area contributed by atoms with E-state index in [-0.39, 0.29) is 121 Å². The van der Waals surface area contributed by atoms with Crippen LogP contribution in [0.4, 0.5) is 0 Å². The van der Waals surface area contributed by atoms with Crippen LogP contribution in [0.3, 0.4) is 0 Å². The lowest BCUT2D eigenvalue weighted by Gasteiger charge is -2.27. The van der Waals surface area contributed by atoms with Gasteiger partial charge in [-0.05, 0) is 98.5 Å². The molecule has 2 aliphatic heterocycles. The highest BCUT2D eigenvalue weighted by Gasteiger charge is 2.29. The first-order valence-electron chi connectivity index (χ1n) is 25.7. The predicted molar refractivity (Wildman–Crippen MR) is 354 cm³/mol. The van der Waals surface area contributed by atoms with Crippen LogP contribution in [0.5, 0.6) is 0 Å². The van der Waals surface area contributed by atoms with E-state index in [2.05, 4.69) is 72.8 Å². The summed E-state index contributed by atoms with van der Waals surface area (Å²) in [5.74, 6) is 0.763. The van der Waals surface area contributed by atoms with Gasteiger partial charge in [0.05, 0.1) is 0 Å². The van der Waals surface area contributed by atoms with Gasteiger partial charge in [-0.1, -0.05) is 237 Å². The van der Waals surface area contributed by atoms with E-state index in [1.807, 2.05) is 53.6 Å². The standard InChI is InChI=1S/C32H61N3O3.C9H18N2O.C6H12Br2.C6H9NO.10CH4/c1-27(35-26-20-22-28(35)36)21-19-23-32(5,6)30(38)34-25-18-16-14-12-10-8-7-9-11-13-15-17-24-33-29(37)31(2,3)4;1-8(2)9(12)10-6-5-7-11(3)4;7-5-3-1-2-4-6-8;1-2-7-5-3-4-6(7)8;;;;;;;;;;/h27H,7-26H2,1-6H3,(H,33,37)(H,34,38);1,5-7H2,2-4H3,(H,10,12);1-6H2;2H,1,3-5H2;10*1H4. The number of hydrogen-bond donors (Lipinski definition) is 3. The van der Waals surface area contributed by atoms with Crippen LogP contribution in [0.15, 0.2) is 24.9 Å². The van der Waals surface area contributed by atoms with Crippen LogP contribution in [0.2, 0.25) is 0 Å². The molecule has 0 spiro atoms. The first-order chi connectivity index (χ1) is 31.2. The third kappa shape index (κ3) is 59.4. The predicted octanol–water partition coefficient (Wildman–Crippen LogP) is 18.2. The van der Waals surface area contributed by atoms with Gasteiger partial charge in [-0.15, -0.1) is 0 Å². The number of likely N-dealkylation sites (tertiary alicyclic amines) is 2. The van der Waals surface area contributed by atoms with Gasteiger partial charge in [-0.3, -0.25) is 24.0 Å². The van der Waals surface area contributed by atoms with E-state index in [0.717, 1.165) is 101 Å². The van der Waals surface area contributed by atoms with Crippen molar-refractivity contribution in [3.63, 3.8) is 0 Å². The summed E-state index contributed by atoms with van der Waals surface area (Å²) in [4.78, 5) is 63.7. The van der Waals surface area contributed by atoms with E-state index in [4.69, 9.17) is 0 Å². The van der Waals surface area contributed by atoms with Gasteiger partial charge in [-0.25, -0.2) is 0 Å². The summed E-state index contributed by atoms with van der Waals surface area (Å²) < 4.78 is 0. The van der Waals surface area contributed by atoms with Crippen molar-refractivity contribution in [2.24, 2.45) is 10.8 Å². The summed E-state index contributed by atoms with van der Waals surface area (Å²) >= 11 is 6.78. The van der Waals surface area contributed by atoms with Crippen molar-refractivity contribution in [1.29, 1.82) is 0 Å². The number of carbonyl (C=O) groups excluding carboxylic acids is 5. The molecule has 2 fully saturated rings. The average Bonchev–Trinajstić information content (AvgIpc) is 3.90. The second-order valence-electron chi connectivity index (χ2n) is 20.2. The second kappa shape index (κ2) is 65.3. The van der Waals surface area contributed by atoms with Crippen LogP contribution < -0.4 is 16.0 Å². The number of halogens is 2. The molecule has 2 rings (SSSR count). The summed E-state index contributed by atoms with van der Waals surface area (Å²) in [6, 6.07) is 0.286. The van der Waals surface area contributed by atoms with Gasteiger partial charge in [-0.2, -0.15) is 0 Å². The van der Waals surface area contributed by atoms with Crippen molar-refractivity contribution in [2.75, 3.05) is 64.0 Å². The average molecular weight is 1220 g/mol. The second-order valence-corrected chi connectivity index (χ2v) is 21.8. The maximum absolute atomic E-state index is 12.7. The van der Waals surface area contributed by atoms with Crippen molar-refractivity contribution >= 4 is 61.4 Å². The largest absolute Gasteiger partial charge is 0.356 e. The molecule has 76 heavy (non-hydrogen) atoms. The molecule has 11 nitrogen and oxygen atoms in total. The molecule has 0 aliphatic carbocycles. The Balaban J connectivity index is -0.0000000891. The van der Waals surface area contributed by atoms with Crippen molar-refractivity contribution < 1.29 is 24.0 Å². The summed E-state index contributed by atoms with van der Waals surface area (Å²) in [5, 5.41) is 11.3. The lowest BCUT2D eigenvalue weighted by atomic mass is 9.85. The first kappa shape index (κ1) is 102. The smallest absolute Gasteiger partial charge is 0.246 e. The van der Waals surface area contributed by atoms with Gasteiger partial charge in [0.25, 0.3) is 0 Å². The minimum absolute atomic E-state index is 0. The highest BCUT2D eigenvalue weighted by Crippen LogP contribution is 2.26. The molecular formula is C63H140Br2N6O5. The molecule has 2 aliphatic rings. The zero-order chi connectivity index (χ0) is 50.2. The SMILES string of the molecule is BrCCCCCCBr.C.C.C.C.C.C.C.C.C.C.C=C(C)C(=O)NCCCN(C)C.C=CN1CCCC1=O.CC(CCCC(C)(C)C(=O)NCCCCCCCCCCCCCCNC(=O)C(C)(C)C)N1CCCC1=O. The van der Waals surface area contributed by atoms with Crippen LogP contribution in [0, 0.1) is 10.8 Å². The Morgan fingerprint density at radius 1 is 0.592 bits per heavy atom. The minimum Gasteiger partial charge on any atom is -0.356 e. The van der Waals surface area contributed by atoms with E-state index in [0.29, 0.717) is 18.4 Å². The molecule has 0 saturated carbocycles. The number of nitrogens with one attached hydrogen (secondary N) is 3. The quantitative estimate of drug-likeness (QED) is 0.0349. The molecule has 1 atom stereocenters. The summed E-state index contributed by atoms with van der Waals surface area (Å²) in [5.41, 5.74) is -0.0685. The fourth-order valence-corrected chi connectivity index (χ4v) is 8.12. The van der Waals surface area contributed by atoms with E-state index in [1.165, 1.54) is 89.9 Å². The van der Waals surface area contributed by atoms with Gasteiger partial charge < -0.3 is 30.7 Å². The Morgan fingerprint density at radius 3 is 1.30 bits per heavy atom. The maximum atomic E-state index is 12.7. The molecule has 0 bridgehead atoms. The van der Waals surface area contributed by atoms with E-state index in [1.54, 1.807) is 18.0 Å². The Morgan fingerprint density at radius 2 is 0.974 bits per heavy atom. The van der Waals surface area contributed by atoms with E-state index >= 15 is 0 Å². The normalized spacial score (nSPS) is 12.2. The number of amides is 5. The van der Waals surface area contributed by atoms with Gasteiger partial charge in [0, 0.05) is 78.7 Å². The van der Waals surface area contributed by atoms with Crippen LogP contribution in [-0.4, -0.2) is 114 Å². The van der Waals surface area contributed by atoms with Crippen LogP contribution in [0.25, 0.3) is 0 Å². The monoisotopic (exact) mass is 1220 g/mol. The number of rotatable bonds is 32. The van der Waals surface area contributed by atoms with Crippen LogP contribution >= 0.6 is 31.9 Å². The lowest BCUT2D eigenvalue weighted by molar-refractivity contribution is -0.131. The Kier molecular flexibility index (Phi) is 87.9. The van der Waals surface area contributed by atoms with Crippen molar-refractivity contribution in [3.8, 4) is 0 Å². The number of unbranched alkanes of at least 4 members (excludes halogenated alkanes) is 14. The fraction of sp³-hybridized carbons (Fsp3) is 0.857. The third-order valence-corrected chi connectivity index (χ3v) is 13.0. The first-order valence-corrected chi connectivity index (χ1v) is 28.0. The molecule has 0 aromatic heterocycles. The fourth-order valence-electron chi connectivity index (χ4n) is 7.32. The van der Waals surface area contributed by atoms with E-state index < -0.39 is 0 Å². The minimum atomic E-state index is -0.350. The molecule has 2 heterocycles. The van der Waals surface area contributed by atoms with Crippen LogP contribution in [0.1, 0.15) is 277 Å². The third-order valence-electron chi connectivity index (χ3n) is 11.8. The van der Waals surface area contributed by atoms with Gasteiger partial charge in [0.15, 0.2) is 0 Å². The molecule has 0 aromatic rings. The number of hydrogen-bond acceptors (Lipinski definition) is 6. The lowest BCUT2D eigenvalue weighted by Crippen LogP contribution is -2.38. The van der Waals surface area contributed by atoms with Crippen LogP contribution in [-0.2, 0) is 24.0 Å². The summed E-state index contributed by atoms with van der Waals surface area (Å²) in [6.07, 6.45) is 29.1. The molecule has 1 unspecified atom stereocenters. The van der Waals surface area contributed by atoms with Crippen molar-refractivity contribution in [2.45, 2.75) is 283 Å². The molecule has 466 valence electrons. The molecular weight excluding hydrogens is 1080 g/mol. The zero-order valence-corrected chi connectivity index (χ0v) is 47.0. The molecule has 0 aromatic carbocycles. The van der Waals surface area contributed by atoms with Crippen molar-refractivity contribution in [3.05, 3.63) is 24.9 Å². The van der Waals surface area contributed by atoms with Crippen molar-refractivity contribution in [1.82, 2.24) is 30.7 Å². The highest BCUT2D eigenvalue weighted by atomic mass is 79.9. The molecule has 2 saturated heterocycles. The molecule has 3 N–H and O–H groups in total. The van der Waals surface area contributed by atoms with Gasteiger partial charge >= 0.3 is 0 Å². The Bertz CT molecular complexity index is 1320. The Hall–Kier alpha value is -2.25.